The zero-order chi connectivity index (χ0) is 18.0. The number of benzene rings is 1. The SMILES string of the molecule is Cn1cccc1C(=O)NC(CN1CCc2ccccc2C1)C(C)(C)C. The topological polar surface area (TPSA) is 37.3 Å². The first-order chi connectivity index (χ1) is 11.8. The van der Waals surface area contributed by atoms with Crippen molar-refractivity contribution < 1.29 is 4.79 Å². The minimum Gasteiger partial charge on any atom is -0.347 e. The fourth-order valence-corrected chi connectivity index (χ4v) is 3.43. The van der Waals surface area contributed by atoms with Gasteiger partial charge in [-0.15, -0.1) is 0 Å². The number of aryl methyl sites for hydroxylation is 1. The minimum atomic E-state index is -0.00219. The van der Waals surface area contributed by atoms with Gasteiger partial charge in [0.1, 0.15) is 5.69 Å². The van der Waals surface area contributed by atoms with Gasteiger partial charge in [-0.05, 0) is 35.1 Å². The van der Waals surface area contributed by atoms with Crippen molar-refractivity contribution in [2.45, 2.75) is 39.8 Å². The van der Waals surface area contributed by atoms with Crippen LogP contribution < -0.4 is 5.32 Å². The molecular formula is C21H29N3O. The molecule has 1 unspecified atom stereocenters. The molecule has 0 spiro atoms. The molecule has 0 saturated carbocycles. The predicted octanol–water partition coefficient (Wildman–Crippen LogP) is 3.23. The van der Waals surface area contributed by atoms with E-state index in [9.17, 15) is 4.79 Å². The Labute approximate surface area is 150 Å². The Balaban J connectivity index is 1.70. The van der Waals surface area contributed by atoms with Crippen LogP contribution in [0.25, 0.3) is 0 Å². The number of fused-ring (bicyclic) bond motifs is 1. The molecule has 1 aliphatic heterocycles. The van der Waals surface area contributed by atoms with Gasteiger partial charge in [0.15, 0.2) is 0 Å². The molecule has 0 saturated heterocycles. The summed E-state index contributed by atoms with van der Waals surface area (Å²) in [6, 6.07) is 12.5. The van der Waals surface area contributed by atoms with Gasteiger partial charge in [-0.1, -0.05) is 45.0 Å². The molecule has 4 heteroatoms. The van der Waals surface area contributed by atoms with Crippen LogP contribution in [-0.2, 0) is 20.0 Å². The summed E-state index contributed by atoms with van der Waals surface area (Å²) in [5.41, 5.74) is 3.57. The summed E-state index contributed by atoms with van der Waals surface area (Å²) in [4.78, 5) is 15.1. The molecule has 1 aromatic carbocycles. The quantitative estimate of drug-likeness (QED) is 0.928. The van der Waals surface area contributed by atoms with E-state index in [0.29, 0.717) is 5.69 Å². The molecule has 1 amide bonds. The molecule has 2 heterocycles. The highest BCUT2D eigenvalue weighted by atomic mass is 16.2. The summed E-state index contributed by atoms with van der Waals surface area (Å²) >= 11 is 0. The van der Waals surface area contributed by atoms with Gasteiger partial charge in [0.25, 0.3) is 5.91 Å². The van der Waals surface area contributed by atoms with E-state index in [-0.39, 0.29) is 17.4 Å². The smallest absolute Gasteiger partial charge is 0.268 e. The second kappa shape index (κ2) is 7.04. The lowest BCUT2D eigenvalue weighted by Gasteiger charge is -2.38. The van der Waals surface area contributed by atoms with Gasteiger partial charge in [0, 0.05) is 38.9 Å². The maximum absolute atomic E-state index is 12.7. The number of aromatic nitrogens is 1. The standard InChI is InChI=1S/C21H29N3O/c1-21(2,3)19(22-20(25)18-10-7-12-23(18)4)15-24-13-11-16-8-5-6-9-17(16)14-24/h5-10,12,19H,11,13-15H2,1-4H3,(H,22,25). The second-order valence-electron chi connectivity index (χ2n) is 8.15. The summed E-state index contributed by atoms with van der Waals surface area (Å²) in [6.45, 7) is 9.46. The van der Waals surface area contributed by atoms with Crippen LogP contribution in [0.15, 0.2) is 42.6 Å². The zero-order valence-electron chi connectivity index (χ0n) is 15.7. The Kier molecular flexibility index (Phi) is 5.00. The molecule has 1 aliphatic rings. The van der Waals surface area contributed by atoms with Crippen LogP contribution in [0, 0.1) is 5.41 Å². The molecule has 0 bridgehead atoms. The highest BCUT2D eigenvalue weighted by Gasteiger charge is 2.30. The molecular weight excluding hydrogens is 310 g/mol. The van der Waals surface area contributed by atoms with E-state index in [2.05, 4.69) is 55.3 Å². The van der Waals surface area contributed by atoms with Crippen molar-refractivity contribution in [1.82, 2.24) is 14.8 Å². The average molecular weight is 339 g/mol. The number of nitrogens with zero attached hydrogens (tertiary/aromatic N) is 2. The molecule has 0 radical (unpaired) electrons. The lowest BCUT2D eigenvalue weighted by molar-refractivity contribution is 0.0855. The maximum Gasteiger partial charge on any atom is 0.268 e. The molecule has 0 aliphatic carbocycles. The van der Waals surface area contributed by atoms with Crippen LogP contribution in [0.4, 0.5) is 0 Å². The molecule has 0 fully saturated rings. The Hall–Kier alpha value is -2.07. The average Bonchev–Trinajstić information content (AvgIpc) is 2.99. The molecule has 4 nitrogen and oxygen atoms in total. The summed E-state index contributed by atoms with van der Waals surface area (Å²) in [6.07, 6.45) is 2.99. The third kappa shape index (κ3) is 4.13. The number of amides is 1. The van der Waals surface area contributed by atoms with Crippen molar-refractivity contribution >= 4 is 5.91 Å². The Morgan fingerprint density at radius 1 is 1.16 bits per heavy atom. The summed E-state index contributed by atoms with van der Waals surface area (Å²) in [7, 11) is 1.91. The van der Waals surface area contributed by atoms with Gasteiger partial charge in [0.2, 0.25) is 0 Å². The highest BCUT2D eigenvalue weighted by molar-refractivity contribution is 5.93. The van der Waals surface area contributed by atoms with Crippen molar-refractivity contribution in [2.75, 3.05) is 13.1 Å². The van der Waals surface area contributed by atoms with Crippen molar-refractivity contribution in [3.8, 4) is 0 Å². The Morgan fingerprint density at radius 3 is 2.52 bits per heavy atom. The van der Waals surface area contributed by atoms with Crippen LogP contribution in [0.3, 0.4) is 0 Å². The third-order valence-corrected chi connectivity index (χ3v) is 5.18. The molecule has 3 rings (SSSR count). The van der Waals surface area contributed by atoms with E-state index in [1.54, 1.807) is 0 Å². The first-order valence-electron chi connectivity index (χ1n) is 9.06. The first kappa shape index (κ1) is 17.7. The number of carbonyl (C=O) groups is 1. The van der Waals surface area contributed by atoms with Crippen LogP contribution in [0.5, 0.6) is 0 Å². The van der Waals surface area contributed by atoms with Gasteiger partial charge in [-0.2, -0.15) is 0 Å². The molecule has 2 aromatic rings. The molecule has 1 aromatic heterocycles. The van der Waals surface area contributed by atoms with Crippen LogP contribution in [0.2, 0.25) is 0 Å². The molecule has 1 N–H and O–H groups in total. The highest BCUT2D eigenvalue weighted by Crippen LogP contribution is 2.24. The number of carbonyl (C=O) groups excluding carboxylic acids is 1. The predicted molar refractivity (Wildman–Crippen MR) is 102 cm³/mol. The van der Waals surface area contributed by atoms with Crippen molar-refractivity contribution in [3.63, 3.8) is 0 Å². The summed E-state index contributed by atoms with van der Waals surface area (Å²) in [5.74, 6) is 0.00448. The molecule has 25 heavy (non-hydrogen) atoms. The van der Waals surface area contributed by atoms with Gasteiger partial charge in [-0.3, -0.25) is 9.69 Å². The van der Waals surface area contributed by atoms with E-state index in [4.69, 9.17) is 0 Å². The fourth-order valence-electron chi connectivity index (χ4n) is 3.43. The zero-order valence-corrected chi connectivity index (χ0v) is 15.7. The lowest BCUT2D eigenvalue weighted by atomic mass is 9.85. The first-order valence-corrected chi connectivity index (χ1v) is 9.06. The lowest BCUT2D eigenvalue weighted by Crippen LogP contribution is -2.51. The van der Waals surface area contributed by atoms with Gasteiger partial charge >= 0.3 is 0 Å². The third-order valence-electron chi connectivity index (χ3n) is 5.18. The molecule has 134 valence electrons. The van der Waals surface area contributed by atoms with Gasteiger partial charge in [0.05, 0.1) is 0 Å². The van der Waals surface area contributed by atoms with E-state index in [0.717, 1.165) is 26.1 Å². The number of rotatable bonds is 4. The van der Waals surface area contributed by atoms with Crippen molar-refractivity contribution in [1.29, 1.82) is 0 Å². The van der Waals surface area contributed by atoms with Crippen LogP contribution >= 0.6 is 0 Å². The Bertz CT molecular complexity index is 742. The second-order valence-corrected chi connectivity index (χ2v) is 8.15. The van der Waals surface area contributed by atoms with E-state index in [1.165, 1.54) is 11.1 Å². The number of hydrogen-bond donors (Lipinski definition) is 1. The van der Waals surface area contributed by atoms with Crippen molar-refractivity contribution in [3.05, 3.63) is 59.4 Å². The monoisotopic (exact) mass is 339 g/mol. The molecule has 1 atom stereocenters. The fraction of sp³-hybridized carbons (Fsp3) is 0.476. The van der Waals surface area contributed by atoms with Crippen LogP contribution in [-0.4, -0.2) is 34.5 Å². The van der Waals surface area contributed by atoms with Gasteiger partial charge in [-0.25, -0.2) is 0 Å². The summed E-state index contributed by atoms with van der Waals surface area (Å²) < 4.78 is 1.87. The minimum absolute atomic E-state index is 0.00219. The number of hydrogen-bond acceptors (Lipinski definition) is 2. The van der Waals surface area contributed by atoms with Crippen LogP contribution in [0.1, 0.15) is 42.4 Å². The maximum atomic E-state index is 12.7. The largest absolute Gasteiger partial charge is 0.347 e. The van der Waals surface area contributed by atoms with E-state index >= 15 is 0 Å². The van der Waals surface area contributed by atoms with E-state index in [1.807, 2.05) is 29.9 Å². The van der Waals surface area contributed by atoms with E-state index < -0.39 is 0 Å². The number of nitrogens with one attached hydrogen (secondary N) is 1. The normalized spacial score (nSPS) is 16.3. The summed E-state index contributed by atoms with van der Waals surface area (Å²) in [5, 5.41) is 3.27. The van der Waals surface area contributed by atoms with Crippen molar-refractivity contribution in [2.24, 2.45) is 12.5 Å². The Morgan fingerprint density at radius 2 is 1.88 bits per heavy atom. The van der Waals surface area contributed by atoms with Gasteiger partial charge < -0.3 is 9.88 Å².